The number of aryl methyl sites for hydroxylation is 2. The Hall–Kier alpha value is -2.63. The Bertz CT molecular complexity index is 1240. The van der Waals surface area contributed by atoms with Gasteiger partial charge in [-0.25, -0.2) is 8.42 Å². The van der Waals surface area contributed by atoms with Gasteiger partial charge in [0.15, 0.2) is 0 Å². The van der Waals surface area contributed by atoms with Crippen molar-refractivity contribution in [3.63, 3.8) is 0 Å². The van der Waals surface area contributed by atoms with Crippen molar-refractivity contribution in [2.75, 3.05) is 50.8 Å². The predicted molar refractivity (Wildman–Crippen MR) is 136 cm³/mol. The maximum atomic E-state index is 13.6. The van der Waals surface area contributed by atoms with E-state index in [1.54, 1.807) is 14.0 Å². The number of nitrogens with zero attached hydrogens (tertiary/aromatic N) is 5. The van der Waals surface area contributed by atoms with Gasteiger partial charge in [0, 0.05) is 63.2 Å². The van der Waals surface area contributed by atoms with Crippen molar-refractivity contribution in [1.82, 2.24) is 19.0 Å². The maximum absolute atomic E-state index is 13.6. The van der Waals surface area contributed by atoms with Crippen LogP contribution in [0.2, 0.25) is 5.02 Å². The van der Waals surface area contributed by atoms with Crippen LogP contribution in [0.3, 0.4) is 0 Å². The summed E-state index contributed by atoms with van der Waals surface area (Å²) in [5.74, 6) is -1.19. The molecule has 0 radical (unpaired) electrons. The monoisotopic (exact) mass is 537 g/mol. The highest BCUT2D eigenvalue weighted by Crippen LogP contribution is 2.28. The van der Waals surface area contributed by atoms with Gasteiger partial charge in [-0.3, -0.25) is 14.3 Å². The molecule has 1 amide bonds. The highest BCUT2D eigenvalue weighted by Gasteiger charge is 2.37. The van der Waals surface area contributed by atoms with Gasteiger partial charge in [0.25, 0.3) is 15.9 Å². The fraction of sp³-hybridized carbons (Fsp3) is 0.542. The summed E-state index contributed by atoms with van der Waals surface area (Å²) >= 11 is 6.17. The molecule has 12 heteroatoms. The largest absolute Gasteiger partial charge is 0.466 e. The molecule has 0 N–H and O–H groups in total. The summed E-state index contributed by atoms with van der Waals surface area (Å²) < 4.78 is 35.0. The van der Waals surface area contributed by atoms with Gasteiger partial charge < -0.3 is 14.5 Å². The number of piperazine rings is 1. The molecule has 2 aliphatic heterocycles. The standard InChI is InChI=1S/C24H32ClN5O5S/c1-4-35-24(32)18-6-5-9-29(15-18)23(31)20-16-27(3)26-22(20)36(33,34)30-12-10-28(11-13-30)21-14-19(25)8-7-17(21)2/h7-8,14,16,18H,4-6,9-13,15H2,1-3H3. The fourth-order valence-corrected chi connectivity index (χ4v) is 6.51. The average Bonchev–Trinajstić information content (AvgIpc) is 3.28. The number of amides is 1. The van der Waals surface area contributed by atoms with Gasteiger partial charge in [-0.05, 0) is 44.4 Å². The fourth-order valence-electron chi connectivity index (χ4n) is 4.80. The van der Waals surface area contributed by atoms with E-state index in [1.807, 2.05) is 25.1 Å². The zero-order valence-corrected chi connectivity index (χ0v) is 22.4. The van der Waals surface area contributed by atoms with E-state index in [0.717, 1.165) is 11.3 Å². The van der Waals surface area contributed by atoms with Gasteiger partial charge in [-0.15, -0.1) is 0 Å². The number of carbonyl (C=O) groups excluding carboxylic acids is 2. The van der Waals surface area contributed by atoms with E-state index in [-0.39, 0.29) is 42.8 Å². The summed E-state index contributed by atoms with van der Waals surface area (Å²) in [7, 11) is -2.42. The number of esters is 1. The highest BCUT2D eigenvalue weighted by atomic mass is 35.5. The first-order valence-corrected chi connectivity index (χ1v) is 13.9. The first-order chi connectivity index (χ1) is 17.1. The zero-order chi connectivity index (χ0) is 26.0. The van der Waals surface area contributed by atoms with E-state index in [2.05, 4.69) is 10.00 Å². The molecule has 4 rings (SSSR count). The van der Waals surface area contributed by atoms with E-state index in [4.69, 9.17) is 16.3 Å². The SMILES string of the molecule is CCOC(=O)C1CCCN(C(=O)c2cn(C)nc2S(=O)(=O)N2CCN(c3cc(Cl)ccc3C)CC2)C1. The van der Waals surface area contributed by atoms with E-state index in [9.17, 15) is 18.0 Å². The van der Waals surface area contributed by atoms with Crippen LogP contribution in [0.15, 0.2) is 29.4 Å². The molecule has 0 spiro atoms. The quantitative estimate of drug-likeness (QED) is 0.521. The third kappa shape index (κ3) is 5.37. The molecule has 0 saturated carbocycles. The van der Waals surface area contributed by atoms with Crippen molar-refractivity contribution in [2.45, 2.75) is 31.7 Å². The summed E-state index contributed by atoms with van der Waals surface area (Å²) in [4.78, 5) is 29.3. The number of hydrogen-bond acceptors (Lipinski definition) is 7. The number of aromatic nitrogens is 2. The van der Waals surface area contributed by atoms with Crippen LogP contribution in [-0.2, 0) is 26.6 Å². The van der Waals surface area contributed by atoms with Crippen LogP contribution in [0.4, 0.5) is 5.69 Å². The van der Waals surface area contributed by atoms with Crippen molar-refractivity contribution < 1.29 is 22.7 Å². The van der Waals surface area contributed by atoms with E-state index in [1.165, 1.54) is 20.1 Å². The summed E-state index contributed by atoms with van der Waals surface area (Å²) in [6.45, 7) is 6.15. The number of ether oxygens (including phenoxy) is 1. The van der Waals surface area contributed by atoms with Crippen molar-refractivity contribution in [2.24, 2.45) is 13.0 Å². The molecule has 1 aromatic heterocycles. The Morgan fingerprint density at radius 2 is 1.89 bits per heavy atom. The van der Waals surface area contributed by atoms with E-state index >= 15 is 0 Å². The molecule has 1 aromatic carbocycles. The molecule has 1 unspecified atom stereocenters. The lowest BCUT2D eigenvalue weighted by Crippen LogP contribution is -2.49. The van der Waals surface area contributed by atoms with Gasteiger partial charge in [0.1, 0.15) is 0 Å². The Morgan fingerprint density at radius 3 is 2.58 bits per heavy atom. The Balaban J connectivity index is 1.51. The zero-order valence-electron chi connectivity index (χ0n) is 20.8. The lowest BCUT2D eigenvalue weighted by Gasteiger charge is -2.36. The molecule has 2 saturated heterocycles. The van der Waals surface area contributed by atoms with Crippen LogP contribution in [-0.4, -0.2) is 85.2 Å². The minimum atomic E-state index is -4.01. The molecule has 2 fully saturated rings. The number of benzene rings is 1. The summed E-state index contributed by atoms with van der Waals surface area (Å²) in [6, 6.07) is 5.66. The number of likely N-dealkylation sites (tertiary alicyclic amines) is 1. The second-order valence-electron chi connectivity index (χ2n) is 9.19. The topological polar surface area (TPSA) is 105 Å². The molecule has 2 aliphatic rings. The average molecular weight is 538 g/mol. The Kier molecular flexibility index (Phi) is 7.91. The number of hydrogen-bond donors (Lipinski definition) is 0. The van der Waals surface area contributed by atoms with Crippen molar-refractivity contribution in [3.05, 3.63) is 40.5 Å². The predicted octanol–water partition coefficient (Wildman–Crippen LogP) is 2.31. The van der Waals surface area contributed by atoms with E-state index in [0.29, 0.717) is 37.5 Å². The number of piperidine rings is 1. The van der Waals surface area contributed by atoms with Crippen LogP contribution in [0.1, 0.15) is 35.7 Å². The molecule has 10 nitrogen and oxygen atoms in total. The number of sulfonamides is 1. The van der Waals surface area contributed by atoms with E-state index < -0.39 is 21.8 Å². The second kappa shape index (κ2) is 10.8. The molecule has 196 valence electrons. The number of anilines is 1. The van der Waals surface area contributed by atoms with Gasteiger partial charge in [0.05, 0.1) is 18.1 Å². The van der Waals surface area contributed by atoms with Crippen LogP contribution in [0.25, 0.3) is 0 Å². The molecule has 36 heavy (non-hydrogen) atoms. The first-order valence-electron chi connectivity index (χ1n) is 12.1. The Morgan fingerprint density at radius 1 is 1.17 bits per heavy atom. The van der Waals surface area contributed by atoms with Crippen LogP contribution < -0.4 is 4.90 Å². The van der Waals surface area contributed by atoms with Gasteiger partial charge in [0.2, 0.25) is 5.03 Å². The summed E-state index contributed by atoms with van der Waals surface area (Å²) in [6.07, 6.45) is 2.72. The lowest BCUT2D eigenvalue weighted by molar-refractivity contribution is -0.149. The lowest BCUT2D eigenvalue weighted by atomic mass is 9.98. The van der Waals surface area contributed by atoms with Gasteiger partial charge in [-0.2, -0.15) is 9.40 Å². The van der Waals surface area contributed by atoms with Crippen molar-refractivity contribution in [3.8, 4) is 0 Å². The van der Waals surface area contributed by atoms with Gasteiger partial charge in [-0.1, -0.05) is 17.7 Å². The molecular weight excluding hydrogens is 506 g/mol. The van der Waals surface area contributed by atoms with Crippen LogP contribution >= 0.6 is 11.6 Å². The van der Waals surface area contributed by atoms with Crippen LogP contribution in [0.5, 0.6) is 0 Å². The third-order valence-corrected chi connectivity index (χ3v) is 8.76. The summed E-state index contributed by atoms with van der Waals surface area (Å²) in [5.41, 5.74) is 2.07. The minimum Gasteiger partial charge on any atom is -0.466 e. The van der Waals surface area contributed by atoms with Gasteiger partial charge >= 0.3 is 5.97 Å². The maximum Gasteiger partial charge on any atom is 0.310 e. The molecule has 3 heterocycles. The molecule has 2 aromatic rings. The second-order valence-corrected chi connectivity index (χ2v) is 11.5. The highest BCUT2D eigenvalue weighted by molar-refractivity contribution is 7.89. The van der Waals surface area contributed by atoms with Crippen molar-refractivity contribution >= 4 is 39.2 Å². The first kappa shape index (κ1) is 26.4. The summed E-state index contributed by atoms with van der Waals surface area (Å²) in [5, 5.41) is 4.56. The smallest absolute Gasteiger partial charge is 0.310 e. The number of rotatable bonds is 6. The van der Waals surface area contributed by atoms with Crippen LogP contribution in [0, 0.1) is 12.8 Å². The van der Waals surface area contributed by atoms with Crippen molar-refractivity contribution in [1.29, 1.82) is 0 Å². The molecule has 1 atom stereocenters. The normalized spacial score (nSPS) is 19.4. The number of carbonyl (C=O) groups is 2. The third-order valence-electron chi connectivity index (χ3n) is 6.69. The molecular formula is C24H32ClN5O5S. The number of halogens is 1. The minimum absolute atomic E-state index is 0.0233. The molecule has 0 bridgehead atoms. The Labute approximate surface area is 216 Å². The molecule has 0 aliphatic carbocycles.